The number of carbonyl (C=O) groups excluding carboxylic acids is 1. The van der Waals surface area contributed by atoms with E-state index in [0.717, 1.165) is 6.54 Å². The number of rotatable bonds is 6. The number of thiophene rings is 1. The van der Waals surface area contributed by atoms with Crippen molar-refractivity contribution < 1.29 is 10.1 Å². The second kappa shape index (κ2) is 6.77. The number of nitrogens with two attached hydrogens (primary N) is 1. The first-order valence-electron chi connectivity index (χ1n) is 6.17. The minimum absolute atomic E-state index is 0.228. The molecule has 96 valence electrons. The fourth-order valence-electron chi connectivity index (χ4n) is 2.04. The molecule has 1 amide bonds. The Bertz CT molecular complexity index is 325. The SMILES string of the molecule is CC(C)N(C(=O)C[NH2+]Cc1cccs1)C(C)C. The van der Waals surface area contributed by atoms with Crippen LogP contribution in [0.1, 0.15) is 32.6 Å². The molecule has 0 unspecified atom stereocenters. The topological polar surface area (TPSA) is 36.9 Å². The van der Waals surface area contributed by atoms with Crippen molar-refractivity contribution >= 4 is 17.2 Å². The first kappa shape index (κ1) is 14.2. The average molecular weight is 255 g/mol. The van der Waals surface area contributed by atoms with Crippen LogP contribution in [0.3, 0.4) is 0 Å². The highest BCUT2D eigenvalue weighted by molar-refractivity contribution is 7.09. The summed E-state index contributed by atoms with van der Waals surface area (Å²) in [6.07, 6.45) is 0. The van der Waals surface area contributed by atoms with Gasteiger partial charge in [0.2, 0.25) is 0 Å². The minimum atomic E-state index is 0.228. The van der Waals surface area contributed by atoms with Crippen molar-refractivity contribution in [2.75, 3.05) is 6.54 Å². The molecule has 0 atom stereocenters. The van der Waals surface area contributed by atoms with E-state index in [4.69, 9.17) is 0 Å². The van der Waals surface area contributed by atoms with E-state index in [0.29, 0.717) is 6.54 Å². The third-order valence-corrected chi connectivity index (χ3v) is 3.54. The summed E-state index contributed by atoms with van der Waals surface area (Å²) in [6, 6.07) is 4.70. The molecule has 0 radical (unpaired) electrons. The molecular weight excluding hydrogens is 232 g/mol. The van der Waals surface area contributed by atoms with Gasteiger partial charge in [0.15, 0.2) is 6.54 Å². The second-order valence-corrected chi connectivity index (χ2v) is 5.80. The maximum absolute atomic E-state index is 12.1. The molecule has 0 saturated carbocycles. The lowest BCUT2D eigenvalue weighted by Crippen LogP contribution is -2.85. The highest BCUT2D eigenvalue weighted by Gasteiger charge is 2.20. The molecule has 0 bridgehead atoms. The summed E-state index contributed by atoms with van der Waals surface area (Å²) in [7, 11) is 0. The van der Waals surface area contributed by atoms with Gasteiger partial charge >= 0.3 is 0 Å². The molecule has 3 nitrogen and oxygen atoms in total. The Morgan fingerprint density at radius 1 is 1.35 bits per heavy atom. The third kappa shape index (κ3) is 4.48. The molecule has 1 aromatic heterocycles. The van der Waals surface area contributed by atoms with E-state index in [1.165, 1.54) is 4.88 Å². The van der Waals surface area contributed by atoms with Gasteiger partial charge in [-0.2, -0.15) is 0 Å². The van der Waals surface area contributed by atoms with Crippen molar-refractivity contribution in [2.45, 2.75) is 46.3 Å². The van der Waals surface area contributed by atoms with Crippen molar-refractivity contribution in [1.82, 2.24) is 4.90 Å². The van der Waals surface area contributed by atoms with Gasteiger partial charge in [0.25, 0.3) is 5.91 Å². The highest BCUT2D eigenvalue weighted by Crippen LogP contribution is 2.06. The van der Waals surface area contributed by atoms with Crippen LogP contribution in [-0.4, -0.2) is 29.4 Å². The van der Waals surface area contributed by atoms with E-state index in [-0.39, 0.29) is 18.0 Å². The molecule has 0 aliphatic carbocycles. The molecule has 0 aromatic carbocycles. The van der Waals surface area contributed by atoms with Crippen molar-refractivity contribution in [3.63, 3.8) is 0 Å². The van der Waals surface area contributed by atoms with Gasteiger partial charge in [-0.25, -0.2) is 0 Å². The van der Waals surface area contributed by atoms with E-state index in [2.05, 4.69) is 44.5 Å². The minimum Gasteiger partial charge on any atom is -0.334 e. The van der Waals surface area contributed by atoms with Gasteiger partial charge in [0.05, 0.1) is 4.88 Å². The van der Waals surface area contributed by atoms with Crippen molar-refractivity contribution in [3.8, 4) is 0 Å². The second-order valence-electron chi connectivity index (χ2n) is 4.76. The molecule has 0 aliphatic rings. The quantitative estimate of drug-likeness (QED) is 0.821. The van der Waals surface area contributed by atoms with E-state index in [1.807, 2.05) is 11.0 Å². The average Bonchev–Trinajstić information content (AvgIpc) is 2.69. The van der Waals surface area contributed by atoms with Crippen LogP contribution in [0.5, 0.6) is 0 Å². The monoisotopic (exact) mass is 255 g/mol. The summed E-state index contributed by atoms with van der Waals surface area (Å²) in [5.74, 6) is 0.228. The zero-order valence-corrected chi connectivity index (χ0v) is 12.0. The molecule has 0 spiro atoms. The van der Waals surface area contributed by atoms with Gasteiger partial charge < -0.3 is 10.2 Å². The fraction of sp³-hybridized carbons (Fsp3) is 0.615. The molecular formula is C13H23N2OS+. The standard InChI is InChI=1S/C13H22N2OS/c1-10(2)15(11(3)4)13(16)9-14-8-12-6-5-7-17-12/h5-7,10-11,14H,8-9H2,1-4H3/p+1. The van der Waals surface area contributed by atoms with Crippen LogP contribution >= 0.6 is 11.3 Å². The Kier molecular flexibility index (Phi) is 5.65. The van der Waals surface area contributed by atoms with Gasteiger partial charge in [0, 0.05) is 12.1 Å². The van der Waals surface area contributed by atoms with Crippen LogP contribution in [0.25, 0.3) is 0 Å². The normalized spacial score (nSPS) is 11.2. The molecule has 1 rings (SSSR count). The number of carbonyl (C=O) groups is 1. The lowest BCUT2D eigenvalue weighted by atomic mass is 10.2. The summed E-state index contributed by atoms with van der Waals surface area (Å²) in [6.45, 7) is 9.70. The molecule has 0 fully saturated rings. The Labute approximate surface area is 108 Å². The van der Waals surface area contributed by atoms with E-state index >= 15 is 0 Å². The van der Waals surface area contributed by atoms with Crippen molar-refractivity contribution in [1.29, 1.82) is 0 Å². The number of hydrogen-bond acceptors (Lipinski definition) is 2. The summed E-state index contributed by atoms with van der Waals surface area (Å²) in [5.41, 5.74) is 0. The van der Waals surface area contributed by atoms with Gasteiger partial charge in [-0.3, -0.25) is 4.79 Å². The number of nitrogens with zero attached hydrogens (tertiary/aromatic N) is 1. The Morgan fingerprint density at radius 2 is 2.00 bits per heavy atom. The molecule has 2 N–H and O–H groups in total. The van der Waals surface area contributed by atoms with Crippen LogP contribution in [-0.2, 0) is 11.3 Å². The maximum Gasteiger partial charge on any atom is 0.278 e. The van der Waals surface area contributed by atoms with Crippen LogP contribution in [0.2, 0.25) is 0 Å². The van der Waals surface area contributed by atoms with Crippen LogP contribution in [0.15, 0.2) is 17.5 Å². The number of quaternary nitrogens is 1. The Morgan fingerprint density at radius 3 is 2.47 bits per heavy atom. The first-order chi connectivity index (χ1) is 8.02. The van der Waals surface area contributed by atoms with Crippen LogP contribution in [0.4, 0.5) is 0 Å². The van der Waals surface area contributed by atoms with Gasteiger partial charge in [0.1, 0.15) is 6.54 Å². The van der Waals surface area contributed by atoms with Gasteiger partial charge in [-0.05, 0) is 39.1 Å². The molecule has 0 saturated heterocycles. The Balaban J connectivity index is 2.37. The maximum atomic E-state index is 12.1. The lowest BCUT2D eigenvalue weighted by molar-refractivity contribution is -0.660. The predicted octanol–water partition coefficient (Wildman–Crippen LogP) is 1.46. The summed E-state index contributed by atoms with van der Waals surface area (Å²) >= 11 is 1.74. The van der Waals surface area contributed by atoms with Crippen LogP contribution in [0, 0.1) is 0 Å². The summed E-state index contributed by atoms with van der Waals surface area (Å²) in [5, 5.41) is 4.14. The zero-order valence-electron chi connectivity index (χ0n) is 11.1. The molecule has 17 heavy (non-hydrogen) atoms. The van der Waals surface area contributed by atoms with Crippen LogP contribution < -0.4 is 5.32 Å². The smallest absolute Gasteiger partial charge is 0.278 e. The number of hydrogen-bond donors (Lipinski definition) is 1. The summed E-state index contributed by atoms with van der Waals surface area (Å²) < 4.78 is 0. The van der Waals surface area contributed by atoms with E-state index in [1.54, 1.807) is 11.3 Å². The molecule has 1 heterocycles. The van der Waals surface area contributed by atoms with Crippen molar-refractivity contribution in [3.05, 3.63) is 22.4 Å². The molecule has 1 aromatic rings. The third-order valence-electron chi connectivity index (χ3n) is 2.65. The summed E-state index contributed by atoms with van der Waals surface area (Å²) in [4.78, 5) is 15.3. The highest BCUT2D eigenvalue weighted by atomic mass is 32.1. The fourth-order valence-corrected chi connectivity index (χ4v) is 2.75. The first-order valence-corrected chi connectivity index (χ1v) is 7.05. The number of amides is 1. The Hall–Kier alpha value is -0.870. The lowest BCUT2D eigenvalue weighted by Gasteiger charge is -2.30. The predicted molar refractivity (Wildman–Crippen MR) is 71.9 cm³/mol. The largest absolute Gasteiger partial charge is 0.334 e. The van der Waals surface area contributed by atoms with E-state index in [9.17, 15) is 4.79 Å². The van der Waals surface area contributed by atoms with Gasteiger partial charge in [-0.1, -0.05) is 6.07 Å². The zero-order chi connectivity index (χ0) is 12.8. The van der Waals surface area contributed by atoms with E-state index < -0.39 is 0 Å². The van der Waals surface area contributed by atoms with Gasteiger partial charge in [-0.15, -0.1) is 11.3 Å². The molecule has 0 aliphatic heterocycles. The van der Waals surface area contributed by atoms with Crippen molar-refractivity contribution in [2.24, 2.45) is 0 Å². The molecule has 4 heteroatoms.